The van der Waals surface area contributed by atoms with E-state index in [9.17, 15) is 9.59 Å². The Hall–Kier alpha value is -2.76. The predicted octanol–water partition coefficient (Wildman–Crippen LogP) is 6.97. The monoisotopic (exact) mass is 548 g/mol. The van der Waals surface area contributed by atoms with Gasteiger partial charge in [-0.25, -0.2) is 0 Å². The summed E-state index contributed by atoms with van der Waals surface area (Å²) < 4.78 is 0. The summed E-state index contributed by atoms with van der Waals surface area (Å²) in [6, 6.07) is 25.4. The Bertz CT molecular complexity index is 1200. The molecule has 6 heteroatoms. The number of benzene rings is 3. The number of hydrogen-bond donors (Lipinski definition) is 1. The Morgan fingerprint density at radius 2 is 1.58 bits per heavy atom. The Morgan fingerprint density at radius 3 is 2.29 bits per heavy atom. The number of amides is 2. The molecule has 1 atom stereocenters. The number of nitrogens with zero attached hydrogens (tertiary/aromatic N) is 1. The number of aryl methyl sites for hydroxylation is 1. The van der Waals surface area contributed by atoms with E-state index in [0.717, 1.165) is 47.9 Å². The summed E-state index contributed by atoms with van der Waals surface area (Å²) in [5, 5.41) is 4.01. The van der Waals surface area contributed by atoms with E-state index in [1.165, 1.54) is 18.2 Å². The lowest BCUT2D eigenvalue weighted by Gasteiger charge is -2.34. The van der Waals surface area contributed by atoms with Crippen LogP contribution in [-0.2, 0) is 28.3 Å². The number of carbonyl (C=O) groups excluding carboxylic acids is 2. The second-order valence-electron chi connectivity index (χ2n) is 10.1. The fourth-order valence-electron chi connectivity index (χ4n) is 5.02. The van der Waals surface area contributed by atoms with Crippen molar-refractivity contribution in [3.8, 4) is 0 Å². The van der Waals surface area contributed by atoms with Gasteiger partial charge < -0.3 is 10.2 Å². The second-order valence-corrected chi connectivity index (χ2v) is 11.5. The standard InChI is InChI=1S/C32H37ClN2O2S/c1-24-12-8-9-15-26(24)21-35(31(36)23-38-22-27-16-10-11-19-29(27)33)30(20-25-13-4-2-5-14-25)32(37)34-28-17-6-3-7-18-28/h2,4-5,8-16,19,28,30H,3,6-7,17-18,20-23H2,1H3,(H,34,37)/t30-/m1/s1. The molecule has 3 aromatic carbocycles. The summed E-state index contributed by atoms with van der Waals surface area (Å²) in [7, 11) is 0. The van der Waals surface area contributed by atoms with Gasteiger partial charge in [-0.2, -0.15) is 0 Å². The van der Waals surface area contributed by atoms with Crippen LogP contribution in [0.1, 0.15) is 54.4 Å². The zero-order valence-corrected chi connectivity index (χ0v) is 23.6. The molecule has 0 radical (unpaired) electrons. The molecule has 1 fully saturated rings. The van der Waals surface area contributed by atoms with Crippen molar-refractivity contribution < 1.29 is 9.59 Å². The van der Waals surface area contributed by atoms with E-state index in [1.807, 2.05) is 72.8 Å². The Labute approximate surface area is 236 Å². The highest BCUT2D eigenvalue weighted by molar-refractivity contribution is 7.99. The molecule has 200 valence electrons. The number of nitrogens with one attached hydrogen (secondary N) is 1. The minimum absolute atomic E-state index is 0.0370. The predicted molar refractivity (Wildman–Crippen MR) is 158 cm³/mol. The summed E-state index contributed by atoms with van der Waals surface area (Å²) in [5.74, 6) is 0.823. The summed E-state index contributed by atoms with van der Waals surface area (Å²) in [4.78, 5) is 29.5. The topological polar surface area (TPSA) is 49.4 Å². The van der Waals surface area contributed by atoms with E-state index in [1.54, 1.807) is 4.90 Å². The van der Waals surface area contributed by atoms with Crippen LogP contribution in [0.4, 0.5) is 0 Å². The van der Waals surface area contributed by atoms with Crippen molar-refractivity contribution in [1.82, 2.24) is 10.2 Å². The Kier molecular flexibility index (Phi) is 10.7. The zero-order valence-electron chi connectivity index (χ0n) is 22.1. The van der Waals surface area contributed by atoms with Crippen LogP contribution in [0.5, 0.6) is 0 Å². The van der Waals surface area contributed by atoms with Gasteiger partial charge in [-0.1, -0.05) is 104 Å². The highest BCUT2D eigenvalue weighted by atomic mass is 35.5. The van der Waals surface area contributed by atoms with E-state index in [-0.39, 0.29) is 23.6 Å². The number of rotatable bonds is 11. The maximum absolute atomic E-state index is 13.9. The maximum Gasteiger partial charge on any atom is 0.243 e. The molecule has 2 amide bonds. The fraction of sp³-hybridized carbons (Fsp3) is 0.375. The minimum atomic E-state index is -0.590. The largest absolute Gasteiger partial charge is 0.352 e. The van der Waals surface area contributed by atoms with Crippen LogP contribution >= 0.6 is 23.4 Å². The molecule has 0 unspecified atom stereocenters. The number of carbonyl (C=O) groups is 2. The third-order valence-electron chi connectivity index (χ3n) is 7.27. The summed E-state index contributed by atoms with van der Waals surface area (Å²) in [5.41, 5.74) is 4.22. The molecule has 0 spiro atoms. The van der Waals surface area contributed by atoms with Gasteiger partial charge in [-0.15, -0.1) is 11.8 Å². The molecule has 1 aliphatic rings. The third-order valence-corrected chi connectivity index (χ3v) is 8.60. The average molecular weight is 549 g/mol. The van der Waals surface area contributed by atoms with Crippen molar-refractivity contribution >= 4 is 35.2 Å². The van der Waals surface area contributed by atoms with Gasteiger partial charge in [-0.3, -0.25) is 9.59 Å². The van der Waals surface area contributed by atoms with Gasteiger partial charge in [0.15, 0.2) is 0 Å². The quantitative estimate of drug-likeness (QED) is 0.281. The van der Waals surface area contributed by atoms with E-state index in [0.29, 0.717) is 23.7 Å². The smallest absolute Gasteiger partial charge is 0.243 e. The summed E-state index contributed by atoms with van der Waals surface area (Å²) in [6.45, 7) is 2.45. The van der Waals surface area contributed by atoms with Crippen molar-refractivity contribution in [2.45, 2.75) is 69.8 Å². The molecule has 0 heterocycles. The number of halogens is 1. The van der Waals surface area contributed by atoms with Crippen LogP contribution in [0.25, 0.3) is 0 Å². The van der Waals surface area contributed by atoms with E-state index >= 15 is 0 Å². The van der Waals surface area contributed by atoms with E-state index in [4.69, 9.17) is 11.6 Å². The van der Waals surface area contributed by atoms with Gasteiger partial charge in [-0.05, 0) is 48.1 Å². The van der Waals surface area contributed by atoms with Crippen molar-refractivity contribution in [3.63, 3.8) is 0 Å². The van der Waals surface area contributed by atoms with Gasteiger partial charge in [0.1, 0.15) is 6.04 Å². The molecule has 3 aromatic rings. The second kappa shape index (κ2) is 14.4. The first kappa shape index (κ1) is 28.3. The van der Waals surface area contributed by atoms with Crippen LogP contribution < -0.4 is 5.32 Å². The van der Waals surface area contributed by atoms with Gasteiger partial charge in [0.2, 0.25) is 11.8 Å². The molecular weight excluding hydrogens is 512 g/mol. The molecule has 4 rings (SSSR count). The molecule has 0 aliphatic heterocycles. The highest BCUT2D eigenvalue weighted by Crippen LogP contribution is 2.24. The van der Waals surface area contributed by atoms with Crippen LogP contribution in [0.2, 0.25) is 5.02 Å². The van der Waals surface area contributed by atoms with Crippen LogP contribution in [0.15, 0.2) is 78.9 Å². The SMILES string of the molecule is Cc1ccccc1CN(C(=O)CSCc1ccccc1Cl)[C@H](Cc1ccccc1)C(=O)NC1CCCCC1. The van der Waals surface area contributed by atoms with Gasteiger partial charge in [0.05, 0.1) is 5.75 Å². The molecular formula is C32H37ClN2O2S. The summed E-state index contributed by atoms with van der Waals surface area (Å²) in [6.07, 6.45) is 5.98. The Morgan fingerprint density at radius 1 is 0.921 bits per heavy atom. The first-order valence-electron chi connectivity index (χ1n) is 13.5. The Balaban J connectivity index is 1.58. The molecule has 1 N–H and O–H groups in total. The normalized spacial score (nSPS) is 14.6. The molecule has 0 saturated heterocycles. The lowest BCUT2D eigenvalue weighted by molar-refractivity contribution is -0.139. The van der Waals surface area contributed by atoms with Gasteiger partial charge >= 0.3 is 0 Å². The molecule has 1 saturated carbocycles. The first-order valence-corrected chi connectivity index (χ1v) is 15.0. The molecule has 0 aromatic heterocycles. The highest BCUT2D eigenvalue weighted by Gasteiger charge is 2.32. The van der Waals surface area contributed by atoms with Crippen molar-refractivity contribution in [3.05, 3.63) is 106 Å². The van der Waals surface area contributed by atoms with E-state index < -0.39 is 6.04 Å². The molecule has 1 aliphatic carbocycles. The van der Waals surface area contributed by atoms with Crippen LogP contribution in [-0.4, -0.2) is 34.6 Å². The van der Waals surface area contributed by atoms with Crippen molar-refractivity contribution in [1.29, 1.82) is 0 Å². The fourth-order valence-corrected chi connectivity index (χ4v) is 6.21. The maximum atomic E-state index is 13.9. The molecule has 38 heavy (non-hydrogen) atoms. The van der Waals surface area contributed by atoms with Crippen LogP contribution in [0, 0.1) is 6.92 Å². The lowest BCUT2D eigenvalue weighted by atomic mass is 9.94. The van der Waals surface area contributed by atoms with Gasteiger partial charge in [0.25, 0.3) is 0 Å². The third kappa shape index (κ3) is 8.12. The van der Waals surface area contributed by atoms with Crippen molar-refractivity contribution in [2.75, 3.05) is 5.75 Å². The number of thioether (sulfide) groups is 1. The van der Waals surface area contributed by atoms with E-state index in [2.05, 4.69) is 18.3 Å². The average Bonchev–Trinajstić information content (AvgIpc) is 2.93. The van der Waals surface area contributed by atoms with Crippen LogP contribution in [0.3, 0.4) is 0 Å². The van der Waals surface area contributed by atoms with Crippen molar-refractivity contribution in [2.24, 2.45) is 0 Å². The lowest BCUT2D eigenvalue weighted by Crippen LogP contribution is -2.53. The van der Waals surface area contributed by atoms with Gasteiger partial charge in [0, 0.05) is 29.8 Å². The molecule has 0 bridgehead atoms. The number of hydrogen-bond acceptors (Lipinski definition) is 3. The zero-order chi connectivity index (χ0) is 26.7. The minimum Gasteiger partial charge on any atom is -0.352 e. The molecule has 4 nitrogen and oxygen atoms in total. The summed E-state index contributed by atoms with van der Waals surface area (Å²) >= 11 is 7.88. The first-order chi connectivity index (χ1) is 18.5.